The number of likely N-dealkylation sites (N-methyl/N-ethyl adjacent to an activating group) is 1. The molecule has 0 fully saturated rings. The molecule has 29 heavy (non-hydrogen) atoms. The molecule has 0 aliphatic rings. The molecule has 7 nitrogen and oxygen atoms in total. The Morgan fingerprint density at radius 2 is 2.07 bits per heavy atom. The average molecular weight is 408 g/mol. The SMILES string of the molecule is Cc1cc(C(=O)OCC(=O)N(C)C(C)c2nc3ccccc3s2)c2[nH]ncc2c1. The van der Waals surface area contributed by atoms with Gasteiger partial charge in [0.2, 0.25) is 0 Å². The minimum Gasteiger partial charge on any atom is -0.452 e. The number of benzene rings is 2. The summed E-state index contributed by atoms with van der Waals surface area (Å²) < 4.78 is 6.37. The number of aryl methyl sites for hydroxylation is 1. The topological polar surface area (TPSA) is 88.2 Å². The highest BCUT2D eigenvalue weighted by atomic mass is 32.1. The van der Waals surface area contributed by atoms with Crippen LogP contribution in [0.15, 0.2) is 42.6 Å². The summed E-state index contributed by atoms with van der Waals surface area (Å²) in [5.41, 5.74) is 2.80. The number of esters is 1. The van der Waals surface area contributed by atoms with Crippen molar-refractivity contribution in [2.75, 3.05) is 13.7 Å². The highest BCUT2D eigenvalue weighted by molar-refractivity contribution is 7.18. The monoisotopic (exact) mass is 408 g/mol. The predicted octanol–water partition coefficient (Wildman–Crippen LogP) is 3.86. The van der Waals surface area contributed by atoms with E-state index >= 15 is 0 Å². The van der Waals surface area contributed by atoms with Gasteiger partial charge in [-0.25, -0.2) is 9.78 Å². The molecule has 0 bridgehead atoms. The van der Waals surface area contributed by atoms with Crippen LogP contribution in [0.2, 0.25) is 0 Å². The molecule has 8 heteroatoms. The summed E-state index contributed by atoms with van der Waals surface area (Å²) in [7, 11) is 1.69. The first-order valence-electron chi connectivity index (χ1n) is 9.16. The van der Waals surface area contributed by atoms with Crippen molar-refractivity contribution in [1.29, 1.82) is 0 Å². The van der Waals surface area contributed by atoms with Crippen molar-refractivity contribution in [2.24, 2.45) is 0 Å². The fourth-order valence-electron chi connectivity index (χ4n) is 3.13. The Hall–Kier alpha value is -3.26. The third kappa shape index (κ3) is 3.71. The van der Waals surface area contributed by atoms with Crippen molar-refractivity contribution in [1.82, 2.24) is 20.1 Å². The first-order valence-corrected chi connectivity index (χ1v) is 9.97. The fourth-order valence-corrected chi connectivity index (χ4v) is 4.19. The third-order valence-electron chi connectivity index (χ3n) is 4.88. The lowest BCUT2D eigenvalue weighted by Crippen LogP contribution is -2.33. The van der Waals surface area contributed by atoms with Gasteiger partial charge >= 0.3 is 5.97 Å². The molecule has 1 amide bonds. The molecule has 2 aromatic carbocycles. The Labute approximate surface area is 171 Å². The highest BCUT2D eigenvalue weighted by Gasteiger charge is 2.22. The van der Waals surface area contributed by atoms with Gasteiger partial charge in [-0.15, -0.1) is 11.3 Å². The van der Waals surface area contributed by atoms with Crippen LogP contribution >= 0.6 is 11.3 Å². The van der Waals surface area contributed by atoms with E-state index in [0.29, 0.717) is 11.1 Å². The number of H-pyrrole nitrogens is 1. The Morgan fingerprint density at radius 1 is 1.28 bits per heavy atom. The van der Waals surface area contributed by atoms with E-state index in [1.54, 1.807) is 35.5 Å². The summed E-state index contributed by atoms with van der Waals surface area (Å²) in [5, 5.41) is 8.44. The molecule has 4 aromatic rings. The number of fused-ring (bicyclic) bond motifs is 2. The molecule has 0 radical (unpaired) electrons. The minimum atomic E-state index is -0.558. The molecule has 0 aliphatic carbocycles. The molecule has 1 unspecified atom stereocenters. The molecule has 0 aliphatic heterocycles. The molecule has 0 saturated carbocycles. The van der Waals surface area contributed by atoms with Gasteiger partial charge in [0, 0.05) is 12.4 Å². The molecular weight excluding hydrogens is 388 g/mol. The Kier molecular flexibility index (Phi) is 5.02. The lowest BCUT2D eigenvalue weighted by atomic mass is 10.1. The number of nitrogens with one attached hydrogen (secondary N) is 1. The van der Waals surface area contributed by atoms with Crippen molar-refractivity contribution in [3.63, 3.8) is 0 Å². The predicted molar refractivity (Wildman–Crippen MR) is 112 cm³/mol. The number of aromatic amines is 1. The van der Waals surface area contributed by atoms with E-state index in [-0.39, 0.29) is 18.6 Å². The number of aromatic nitrogens is 3. The van der Waals surface area contributed by atoms with Crippen LogP contribution in [0.5, 0.6) is 0 Å². The molecule has 1 N–H and O–H groups in total. The number of thiazole rings is 1. The van der Waals surface area contributed by atoms with Crippen LogP contribution in [-0.2, 0) is 9.53 Å². The standard InChI is InChI=1S/C21H20N4O3S/c1-12-8-14-10-22-24-19(14)15(9-12)21(27)28-11-18(26)25(3)13(2)20-23-16-6-4-5-7-17(16)29-20/h4-10,13H,11H2,1-3H3,(H,22,24). The second-order valence-electron chi connectivity index (χ2n) is 6.92. The van der Waals surface area contributed by atoms with Crippen LogP contribution in [0.1, 0.15) is 33.9 Å². The van der Waals surface area contributed by atoms with E-state index < -0.39 is 5.97 Å². The molecule has 2 aromatic heterocycles. The second-order valence-corrected chi connectivity index (χ2v) is 7.99. The number of para-hydroxylation sites is 1. The quantitative estimate of drug-likeness (QED) is 0.507. The van der Waals surface area contributed by atoms with Crippen molar-refractivity contribution in [3.8, 4) is 0 Å². The smallest absolute Gasteiger partial charge is 0.340 e. The van der Waals surface area contributed by atoms with Gasteiger partial charge < -0.3 is 9.64 Å². The first-order chi connectivity index (χ1) is 13.9. The summed E-state index contributed by atoms with van der Waals surface area (Å²) in [5.74, 6) is -0.851. The largest absolute Gasteiger partial charge is 0.452 e. The number of nitrogens with zero attached hydrogens (tertiary/aromatic N) is 3. The van der Waals surface area contributed by atoms with Gasteiger partial charge in [0.25, 0.3) is 5.91 Å². The van der Waals surface area contributed by atoms with Crippen molar-refractivity contribution in [3.05, 3.63) is 58.7 Å². The van der Waals surface area contributed by atoms with Gasteiger partial charge in [0.05, 0.1) is 33.5 Å². The zero-order valence-corrected chi connectivity index (χ0v) is 17.1. The lowest BCUT2D eigenvalue weighted by molar-refractivity contribution is -0.135. The number of hydrogen-bond acceptors (Lipinski definition) is 6. The van der Waals surface area contributed by atoms with Crippen LogP contribution in [0, 0.1) is 6.92 Å². The Balaban J connectivity index is 1.44. The normalized spacial score (nSPS) is 12.2. The number of carbonyl (C=O) groups is 2. The summed E-state index contributed by atoms with van der Waals surface area (Å²) in [6.07, 6.45) is 1.65. The van der Waals surface area contributed by atoms with Crippen LogP contribution in [0.4, 0.5) is 0 Å². The van der Waals surface area contributed by atoms with Gasteiger partial charge in [-0.1, -0.05) is 12.1 Å². The molecular formula is C21H20N4O3S. The molecule has 148 valence electrons. The molecule has 2 heterocycles. The number of carbonyl (C=O) groups excluding carboxylic acids is 2. The molecule has 1 atom stereocenters. The summed E-state index contributed by atoms with van der Waals surface area (Å²) >= 11 is 1.55. The molecule has 0 saturated heterocycles. The zero-order chi connectivity index (χ0) is 20.5. The average Bonchev–Trinajstić information content (AvgIpc) is 3.36. The fraction of sp³-hybridized carbons (Fsp3) is 0.238. The number of hydrogen-bond donors (Lipinski definition) is 1. The van der Waals surface area contributed by atoms with Crippen molar-refractivity contribution < 1.29 is 14.3 Å². The highest BCUT2D eigenvalue weighted by Crippen LogP contribution is 2.29. The van der Waals surface area contributed by atoms with E-state index in [2.05, 4.69) is 15.2 Å². The van der Waals surface area contributed by atoms with Gasteiger partial charge in [-0.05, 0) is 43.7 Å². The second kappa shape index (κ2) is 7.63. The maximum Gasteiger partial charge on any atom is 0.340 e. The number of rotatable bonds is 5. The number of ether oxygens (including phenoxy) is 1. The van der Waals surface area contributed by atoms with Gasteiger partial charge in [0.15, 0.2) is 6.61 Å². The van der Waals surface area contributed by atoms with Crippen LogP contribution in [0.25, 0.3) is 21.1 Å². The van der Waals surface area contributed by atoms with Crippen molar-refractivity contribution in [2.45, 2.75) is 19.9 Å². The maximum atomic E-state index is 12.6. The minimum absolute atomic E-state index is 0.225. The molecule has 4 rings (SSSR count). The van der Waals surface area contributed by atoms with Crippen LogP contribution < -0.4 is 0 Å². The molecule has 0 spiro atoms. The summed E-state index contributed by atoms with van der Waals surface area (Å²) in [4.78, 5) is 31.3. The van der Waals surface area contributed by atoms with Gasteiger partial charge in [0.1, 0.15) is 5.01 Å². The maximum absolute atomic E-state index is 12.6. The van der Waals surface area contributed by atoms with Gasteiger partial charge in [-0.3, -0.25) is 9.89 Å². The number of amides is 1. The van der Waals surface area contributed by atoms with Crippen LogP contribution in [0.3, 0.4) is 0 Å². The van der Waals surface area contributed by atoms with Gasteiger partial charge in [-0.2, -0.15) is 5.10 Å². The van der Waals surface area contributed by atoms with Crippen molar-refractivity contribution >= 4 is 44.3 Å². The Bertz CT molecular complexity index is 1180. The van der Waals surface area contributed by atoms with E-state index in [1.807, 2.05) is 44.2 Å². The van der Waals surface area contributed by atoms with E-state index in [9.17, 15) is 9.59 Å². The third-order valence-corrected chi connectivity index (χ3v) is 6.09. The Morgan fingerprint density at radius 3 is 2.86 bits per heavy atom. The summed E-state index contributed by atoms with van der Waals surface area (Å²) in [6.45, 7) is 3.46. The van der Waals surface area contributed by atoms with E-state index in [1.165, 1.54) is 0 Å². The van der Waals surface area contributed by atoms with E-state index in [4.69, 9.17) is 4.74 Å². The summed E-state index contributed by atoms with van der Waals surface area (Å²) in [6, 6.07) is 11.3. The van der Waals surface area contributed by atoms with E-state index in [0.717, 1.165) is 26.2 Å². The van der Waals surface area contributed by atoms with Crippen LogP contribution in [-0.4, -0.2) is 45.6 Å². The zero-order valence-electron chi connectivity index (χ0n) is 16.3. The first kappa shape index (κ1) is 19.1. The lowest BCUT2D eigenvalue weighted by Gasteiger charge is -2.23.